The average Bonchev–Trinajstić information content (AvgIpc) is 2.67. The fourth-order valence-corrected chi connectivity index (χ4v) is 2.54. The Morgan fingerprint density at radius 2 is 1.81 bits per heavy atom. The smallest absolute Gasteiger partial charge is 0.270 e. The van der Waals surface area contributed by atoms with Gasteiger partial charge in [-0.1, -0.05) is 30.3 Å². The second-order valence-electron chi connectivity index (χ2n) is 6.00. The topological polar surface area (TPSA) is 71.1 Å². The van der Waals surface area contributed by atoms with Crippen LogP contribution in [-0.4, -0.2) is 16.8 Å². The maximum absolute atomic E-state index is 13.2. The molecule has 0 radical (unpaired) electrons. The first kappa shape index (κ1) is 18.3. The summed E-state index contributed by atoms with van der Waals surface area (Å²) in [5, 5.41) is 5.39. The van der Waals surface area contributed by atoms with Crippen molar-refractivity contribution >= 4 is 17.5 Å². The van der Waals surface area contributed by atoms with Gasteiger partial charge in [0.25, 0.3) is 11.8 Å². The van der Waals surface area contributed by atoms with Crippen molar-refractivity contribution in [2.24, 2.45) is 0 Å². The van der Waals surface area contributed by atoms with E-state index in [0.717, 1.165) is 11.1 Å². The van der Waals surface area contributed by atoms with Crippen molar-refractivity contribution in [3.63, 3.8) is 0 Å². The summed E-state index contributed by atoms with van der Waals surface area (Å²) in [7, 11) is 0. The Balaban J connectivity index is 1.68. The minimum Gasteiger partial charge on any atom is -0.347 e. The summed E-state index contributed by atoms with van der Waals surface area (Å²) in [4.78, 5) is 28.7. The van der Waals surface area contributed by atoms with E-state index in [-0.39, 0.29) is 17.2 Å². The zero-order chi connectivity index (χ0) is 19.2. The SMILES string of the molecule is Cc1ccccc1CNC(=O)c1cc(C(=O)Nc2cccc(F)c2)ccn1. The number of aryl methyl sites for hydroxylation is 1. The molecule has 136 valence electrons. The summed E-state index contributed by atoms with van der Waals surface area (Å²) in [5.74, 6) is -1.27. The van der Waals surface area contributed by atoms with Crippen molar-refractivity contribution in [2.45, 2.75) is 13.5 Å². The summed E-state index contributed by atoms with van der Waals surface area (Å²) < 4.78 is 13.2. The third kappa shape index (κ3) is 4.76. The number of pyridine rings is 1. The molecule has 0 unspecified atom stereocenters. The first-order chi connectivity index (χ1) is 13.0. The van der Waals surface area contributed by atoms with Gasteiger partial charge in [0.05, 0.1) is 0 Å². The Morgan fingerprint density at radius 1 is 1.00 bits per heavy atom. The fraction of sp³-hybridized carbons (Fsp3) is 0.0952. The van der Waals surface area contributed by atoms with Crippen LogP contribution in [-0.2, 0) is 6.54 Å². The summed E-state index contributed by atoms with van der Waals surface area (Å²) in [5.41, 5.74) is 2.81. The maximum atomic E-state index is 13.2. The third-order valence-electron chi connectivity index (χ3n) is 4.04. The molecule has 0 spiro atoms. The molecular weight excluding hydrogens is 345 g/mol. The molecule has 0 bridgehead atoms. The molecule has 2 N–H and O–H groups in total. The van der Waals surface area contributed by atoms with Crippen molar-refractivity contribution in [3.05, 3.63) is 95.1 Å². The standard InChI is InChI=1S/C21H18FN3O2/c1-14-5-2-3-6-16(14)13-24-21(27)19-11-15(9-10-23-19)20(26)25-18-8-4-7-17(22)12-18/h2-12H,13H2,1H3,(H,24,27)(H,25,26). The highest BCUT2D eigenvalue weighted by Crippen LogP contribution is 2.12. The molecule has 0 aliphatic rings. The van der Waals surface area contributed by atoms with E-state index >= 15 is 0 Å². The number of benzene rings is 2. The zero-order valence-corrected chi connectivity index (χ0v) is 14.7. The number of anilines is 1. The van der Waals surface area contributed by atoms with Gasteiger partial charge in [-0.3, -0.25) is 14.6 Å². The molecule has 27 heavy (non-hydrogen) atoms. The van der Waals surface area contributed by atoms with Gasteiger partial charge in [0, 0.05) is 24.0 Å². The van der Waals surface area contributed by atoms with Gasteiger partial charge >= 0.3 is 0 Å². The average molecular weight is 363 g/mol. The quantitative estimate of drug-likeness (QED) is 0.726. The molecule has 0 saturated carbocycles. The van der Waals surface area contributed by atoms with Crippen LogP contribution < -0.4 is 10.6 Å². The predicted molar refractivity (Wildman–Crippen MR) is 101 cm³/mol. The van der Waals surface area contributed by atoms with E-state index in [1.165, 1.54) is 36.5 Å². The van der Waals surface area contributed by atoms with Crippen molar-refractivity contribution in [2.75, 3.05) is 5.32 Å². The van der Waals surface area contributed by atoms with Gasteiger partial charge in [-0.05, 0) is 48.4 Å². The third-order valence-corrected chi connectivity index (χ3v) is 4.04. The molecule has 0 saturated heterocycles. The number of aromatic nitrogens is 1. The van der Waals surface area contributed by atoms with Crippen LogP contribution in [0.15, 0.2) is 66.9 Å². The van der Waals surface area contributed by atoms with E-state index in [1.807, 2.05) is 31.2 Å². The lowest BCUT2D eigenvalue weighted by Crippen LogP contribution is -2.24. The minimum atomic E-state index is -0.448. The molecular formula is C21H18FN3O2. The predicted octanol–water partition coefficient (Wildman–Crippen LogP) is 3.71. The first-order valence-corrected chi connectivity index (χ1v) is 8.38. The Morgan fingerprint density at radius 3 is 2.59 bits per heavy atom. The fourth-order valence-electron chi connectivity index (χ4n) is 2.54. The largest absolute Gasteiger partial charge is 0.347 e. The molecule has 0 atom stereocenters. The van der Waals surface area contributed by atoms with Crippen molar-refractivity contribution in [1.29, 1.82) is 0 Å². The molecule has 6 heteroatoms. The summed E-state index contributed by atoms with van der Waals surface area (Å²) in [6.07, 6.45) is 1.39. The number of hydrogen-bond acceptors (Lipinski definition) is 3. The monoisotopic (exact) mass is 363 g/mol. The number of amides is 2. The second kappa shape index (κ2) is 8.23. The van der Waals surface area contributed by atoms with Crippen LogP contribution >= 0.6 is 0 Å². The number of rotatable bonds is 5. The minimum absolute atomic E-state index is 0.135. The van der Waals surface area contributed by atoms with Crippen molar-refractivity contribution in [3.8, 4) is 0 Å². The van der Waals surface area contributed by atoms with Crippen LogP contribution in [0.4, 0.5) is 10.1 Å². The van der Waals surface area contributed by atoms with Crippen molar-refractivity contribution in [1.82, 2.24) is 10.3 Å². The van der Waals surface area contributed by atoms with Gasteiger partial charge in [-0.25, -0.2) is 4.39 Å². The van der Waals surface area contributed by atoms with Crippen LogP contribution in [0.5, 0.6) is 0 Å². The summed E-state index contributed by atoms with van der Waals surface area (Å²) >= 11 is 0. The first-order valence-electron chi connectivity index (χ1n) is 8.38. The lowest BCUT2D eigenvalue weighted by atomic mass is 10.1. The van der Waals surface area contributed by atoms with E-state index < -0.39 is 11.7 Å². The summed E-state index contributed by atoms with van der Waals surface area (Å²) in [6, 6.07) is 16.2. The molecule has 0 aliphatic carbocycles. The maximum Gasteiger partial charge on any atom is 0.270 e. The summed E-state index contributed by atoms with van der Waals surface area (Å²) in [6.45, 7) is 2.34. The second-order valence-corrected chi connectivity index (χ2v) is 6.00. The zero-order valence-electron chi connectivity index (χ0n) is 14.7. The van der Waals surface area contributed by atoms with Gasteiger partial charge in [0.2, 0.25) is 0 Å². The number of carbonyl (C=O) groups excluding carboxylic acids is 2. The van der Waals surface area contributed by atoms with Gasteiger partial charge in [-0.15, -0.1) is 0 Å². The molecule has 5 nitrogen and oxygen atoms in total. The van der Waals surface area contributed by atoms with Gasteiger partial charge in [-0.2, -0.15) is 0 Å². The highest BCUT2D eigenvalue weighted by atomic mass is 19.1. The Kier molecular flexibility index (Phi) is 5.56. The number of nitrogens with one attached hydrogen (secondary N) is 2. The van der Waals surface area contributed by atoms with E-state index in [2.05, 4.69) is 15.6 Å². The highest BCUT2D eigenvalue weighted by Gasteiger charge is 2.12. The van der Waals surface area contributed by atoms with Crippen LogP contribution in [0.3, 0.4) is 0 Å². The van der Waals surface area contributed by atoms with Gasteiger partial charge in [0.15, 0.2) is 0 Å². The van der Waals surface area contributed by atoms with Crippen LogP contribution in [0, 0.1) is 12.7 Å². The molecule has 3 rings (SSSR count). The number of hydrogen-bond donors (Lipinski definition) is 2. The van der Waals surface area contributed by atoms with Crippen LogP contribution in [0.2, 0.25) is 0 Å². The number of nitrogens with zero attached hydrogens (tertiary/aromatic N) is 1. The number of halogens is 1. The molecule has 2 aromatic carbocycles. The molecule has 3 aromatic rings. The van der Waals surface area contributed by atoms with E-state index in [4.69, 9.17) is 0 Å². The van der Waals surface area contributed by atoms with E-state index in [1.54, 1.807) is 6.07 Å². The normalized spacial score (nSPS) is 10.3. The molecule has 0 fully saturated rings. The van der Waals surface area contributed by atoms with E-state index in [9.17, 15) is 14.0 Å². The van der Waals surface area contributed by atoms with Crippen LogP contribution in [0.25, 0.3) is 0 Å². The lowest BCUT2D eigenvalue weighted by molar-refractivity contribution is 0.0946. The highest BCUT2D eigenvalue weighted by molar-refractivity contribution is 6.05. The van der Waals surface area contributed by atoms with Crippen molar-refractivity contribution < 1.29 is 14.0 Å². The number of carbonyl (C=O) groups is 2. The van der Waals surface area contributed by atoms with Crippen LogP contribution in [0.1, 0.15) is 32.0 Å². The molecule has 2 amide bonds. The Bertz CT molecular complexity index is 988. The van der Waals surface area contributed by atoms with Gasteiger partial charge in [0.1, 0.15) is 11.5 Å². The molecule has 1 aromatic heterocycles. The molecule has 0 aliphatic heterocycles. The van der Waals surface area contributed by atoms with E-state index in [0.29, 0.717) is 12.2 Å². The Hall–Kier alpha value is -3.54. The lowest BCUT2D eigenvalue weighted by Gasteiger charge is -2.09. The Labute approximate surface area is 156 Å². The van der Waals surface area contributed by atoms with Gasteiger partial charge < -0.3 is 10.6 Å². The molecule has 1 heterocycles.